The minimum atomic E-state index is -3.00. The Bertz CT molecular complexity index is 1320. The van der Waals surface area contributed by atoms with Gasteiger partial charge in [-0.1, -0.05) is 129 Å². The van der Waals surface area contributed by atoms with Gasteiger partial charge in [0, 0.05) is 0 Å². The minimum Gasteiger partial charge on any atom is -0.481 e. The molecular weight excluding hydrogens is 585 g/mol. The van der Waals surface area contributed by atoms with E-state index in [4.69, 9.17) is 18.3 Å². The van der Waals surface area contributed by atoms with E-state index in [1.165, 1.54) is 0 Å². The van der Waals surface area contributed by atoms with Gasteiger partial charge in [0.15, 0.2) is 11.5 Å². The molecule has 3 aromatic carbocycles. The van der Waals surface area contributed by atoms with Crippen LogP contribution < -0.4 is 19.8 Å². The van der Waals surface area contributed by atoms with Crippen LogP contribution in [0.3, 0.4) is 0 Å². The summed E-state index contributed by atoms with van der Waals surface area (Å²) in [6.45, 7) is 20.1. The topological polar surface area (TPSA) is 74.2 Å². The molecule has 0 saturated heterocycles. The molecule has 238 valence electrons. The van der Waals surface area contributed by atoms with E-state index in [0.717, 1.165) is 15.9 Å². The first-order valence-corrected chi connectivity index (χ1v) is 19.9. The number of hydrogen-bond acceptors (Lipinski definition) is 5. The lowest BCUT2D eigenvalue weighted by Crippen LogP contribution is -2.67. The van der Waals surface area contributed by atoms with Gasteiger partial charge < -0.3 is 23.4 Å². The normalized spacial score (nSPS) is 15.2. The predicted octanol–water partition coefficient (Wildman–Crippen LogP) is 7.93. The molecular formula is C36H50O6Si2. The molecule has 0 bridgehead atoms. The van der Waals surface area contributed by atoms with Crippen LogP contribution in [0, 0.1) is 5.92 Å². The molecule has 0 spiro atoms. The van der Waals surface area contributed by atoms with E-state index in [2.05, 4.69) is 86.6 Å². The monoisotopic (exact) mass is 634 g/mol. The average Bonchev–Trinajstić information content (AvgIpc) is 3.44. The van der Waals surface area contributed by atoms with Crippen LogP contribution in [0.4, 0.5) is 0 Å². The SMILES string of the molecule is CC(C)[Si](O[C@@H](c1ccc2c(c1)OCO2)[C@H](CO[Si](c1ccccc1)(c1ccccc1)C(C)(C)C)C(=O)O)(C(C)C)C(C)C. The lowest BCUT2D eigenvalue weighted by Gasteiger charge is -2.47. The van der Waals surface area contributed by atoms with E-state index in [1.54, 1.807) is 0 Å². The largest absolute Gasteiger partial charge is 0.481 e. The Kier molecular flexibility index (Phi) is 10.5. The zero-order valence-corrected chi connectivity index (χ0v) is 29.8. The summed E-state index contributed by atoms with van der Waals surface area (Å²) in [7, 11) is -5.52. The lowest BCUT2D eigenvalue weighted by atomic mass is 9.96. The highest BCUT2D eigenvalue weighted by Gasteiger charge is 2.53. The number of fused-ring (bicyclic) bond motifs is 1. The third-order valence-electron chi connectivity index (χ3n) is 9.34. The molecule has 0 saturated carbocycles. The molecule has 6 nitrogen and oxygen atoms in total. The summed E-state index contributed by atoms with van der Waals surface area (Å²) in [5, 5.41) is 12.9. The summed E-state index contributed by atoms with van der Waals surface area (Å²) in [6.07, 6.45) is -0.737. The fraction of sp³-hybridized carbons (Fsp3) is 0.472. The van der Waals surface area contributed by atoms with Crippen molar-refractivity contribution in [2.75, 3.05) is 13.4 Å². The summed E-state index contributed by atoms with van der Waals surface area (Å²) in [5.41, 5.74) is 1.58. The minimum absolute atomic E-state index is 0.000485. The molecule has 1 aliphatic heterocycles. The Morgan fingerprint density at radius 1 is 0.795 bits per heavy atom. The summed E-state index contributed by atoms with van der Waals surface area (Å²) < 4.78 is 25.9. The van der Waals surface area contributed by atoms with Crippen LogP contribution in [0.2, 0.25) is 21.7 Å². The van der Waals surface area contributed by atoms with Gasteiger partial charge in [-0.2, -0.15) is 0 Å². The summed E-state index contributed by atoms with van der Waals surface area (Å²) >= 11 is 0. The Balaban J connectivity index is 1.87. The average molecular weight is 635 g/mol. The first kappa shape index (κ1) is 34.0. The number of hydrogen-bond donors (Lipinski definition) is 1. The second-order valence-corrected chi connectivity index (χ2v) is 23.6. The van der Waals surface area contributed by atoms with Crippen LogP contribution in [0.15, 0.2) is 78.9 Å². The molecule has 44 heavy (non-hydrogen) atoms. The summed E-state index contributed by atoms with van der Waals surface area (Å²) in [6, 6.07) is 26.4. The number of carbonyl (C=O) groups is 1. The zero-order valence-electron chi connectivity index (χ0n) is 27.8. The van der Waals surface area contributed by atoms with Gasteiger partial charge in [0.1, 0.15) is 5.92 Å². The van der Waals surface area contributed by atoms with E-state index in [1.807, 2.05) is 54.6 Å². The Morgan fingerprint density at radius 2 is 1.30 bits per heavy atom. The molecule has 3 aromatic rings. The van der Waals surface area contributed by atoms with Crippen LogP contribution in [-0.4, -0.2) is 41.1 Å². The number of ether oxygens (including phenoxy) is 2. The molecule has 1 heterocycles. The number of rotatable bonds is 13. The number of aliphatic carboxylic acids is 1. The standard InChI is InChI=1S/C36H50O6Si2/c1-25(2)43(26(3)4,27(5)6)42-34(28-20-21-32-33(22-28)40-24-39-32)31(35(37)38)23-41-44(36(7,8)9,29-16-12-10-13-17-29)30-18-14-11-15-19-30/h10-22,25-27,31,34H,23-24H2,1-9H3,(H,37,38)/t31-,34-/m0/s1. The highest BCUT2D eigenvalue weighted by atomic mass is 28.4. The van der Waals surface area contributed by atoms with Crippen LogP contribution in [0.1, 0.15) is 74.0 Å². The number of benzene rings is 3. The molecule has 0 amide bonds. The number of carboxylic acid groups (broad SMARTS) is 1. The molecule has 8 heteroatoms. The van der Waals surface area contributed by atoms with Crippen molar-refractivity contribution in [1.29, 1.82) is 0 Å². The zero-order chi connectivity index (χ0) is 32.3. The fourth-order valence-corrected chi connectivity index (χ4v) is 17.5. The summed E-state index contributed by atoms with van der Waals surface area (Å²) in [4.78, 5) is 13.4. The van der Waals surface area contributed by atoms with Gasteiger partial charge in [-0.3, -0.25) is 4.79 Å². The van der Waals surface area contributed by atoms with Crippen molar-refractivity contribution in [3.05, 3.63) is 84.4 Å². The van der Waals surface area contributed by atoms with E-state index in [0.29, 0.717) is 11.5 Å². The van der Waals surface area contributed by atoms with Gasteiger partial charge in [-0.15, -0.1) is 0 Å². The van der Waals surface area contributed by atoms with Crippen molar-refractivity contribution in [3.8, 4) is 11.5 Å². The quantitative estimate of drug-likeness (QED) is 0.193. The molecule has 0 radical (unpaired) electrons. The second-order valence-electron chi connectivity index (χ2n) is 13.9. The molecule has 0 aliphatic carbocycles. The van der Waals surface area contributed by atoms with Gasteiger partial charge in [0.2, 0.25) is 15.1 Å². The maximum absolute atomic E-state index is 13.4. The second kappa shape index (κ2) is 13.6. The van der Waals surface area contributed by atoms with Crippen LogP contribution in [0.25, 0.3) is 0 Å². The maximum atomic E-state index is 13.4. The van der Waals surface area contributed by atoms with Gasteiger partial charge in [0.25, 0.3) is 8.32 Å². The Labute approximate surface area is 266 Å². The van der Waals surface area contributed by atoms with Crippen molar-refractivity contribution in [1.82, 2.24) is 0 Å². The molecule has 1 aliphatic rings. The summed E-state index contributed by atoms with van der Waals surface area (Å²) in [5.74, 6) is -0.632. The van der Waals surface area contributed by atoms with E-state index < -0.39 is 34.6 Å². The van der Waals surface area contributed by atoms with Crippen molar-refractivity contribution in [2.45, 2.75) is 90.1 Å². The highest BCUT2D eigenvalue weighted by molar-refractivity contribution is 6.99. The predicted molar refractivity (Wildman–Crippen MR) is 182 cm³/mol. The van der Waals surface area contributed by atoms with E-state index in [-0.39, 0.29) is 35.1 Å². The van der Waals surface area contributed by atoms with Crippen molar-refractivity contribution in [3.63, 3.8) is 0 Å². The van der Waals surface area contributed by atoms with E-state index in [9.17, 15) is 9.90 Å². The smallest absolute Gasteiger partial charge is 0.311 e. The Hall–Kier alpha value is -2.92. The van der Waals surface area contributed by atoms with E-state index >= 15 is 0 Å². The molecule has 4 rings (SSSR count). The molecule has 0 aromatic heterocycles. The van der Waals surface area contributed by atoms with Crippen LogP contribution in [0.5, 0.6) is 11.5 Å². The van der Waals surface area contributed by atoms with Crippen LogP contribution >= 0.6 is 0 Å². The lowest BCUT2D eigenvalue weighted by molar-refractivity contribution is -0.147. The van der Waals surface area contributed by atoms with Gasteiger partial charge in [0.05, 0.1) is 12.7 Å². The van der Waals surface area contributed by atoms with Gasteiger partial charge in [-0.25, -0.2) is 0 Å². The van der Waals surface area contributed by atoms with Crippen molar-refractivity contribution >= 4 is 33.0 Å². The first-order chi connectivity index (χ1) is 20.8. The first-order valence-electron chi connectivity index (χ1n) is 15.8. The molecule has 0 unspecified atom stereocenters. The highest BCUT2D eigenvalue weighted by Crippen LogP contribution is 2.48. The number of carboxylic acids is 1. The Morgan fingerprint density at radius 3 is 1.75 bits per heavy atom. The van der Waals surface area contributed by atoms with Crippen molar-refractivity contribution < 1.29 is 28.2 Å². The maximum Gasteiger partial charge on any atom is 0.311 e. The van der Waals surface area contributed by atoms with Gasteiger partial charge in [-0.05, 0) is 49.7 Å². The van der Waals surface area contributed by atoms with Crippen molar-refractivity contribution in [2.24, 2.45) is 5.92 Å². The van der Waals surface area contributed by atoms with Gasteiger partial charge >= 0.3 is 5.97 Å². The molecule has 0 fully saturated rings. The third kappa shape index (κ3) is 6.40. The van der Waals surface area contributed by atoms with Crippen LogP contribution in [-0.2, 0) is 13.6 Å². The molecule has 1 N–H and O–H groups in total. The third-order valence-corrected chi connectivity index (χ3v) is 20.4. The molecule has 2 atom stereocenters. The fourth-order valence-electron chi connectivity index (χ4n) is 7.37.